The van der Waals surface area contributed by atoms with E-state index in [2.05, 4.69) is 0 Å². The second-order valence-corrected chi connectivity index (χ2v) is 4.26. The van der Waals surface area contributed by atoms with E-state index in [-0.39, 0.29) is 0 Å². The van der Waals surface area contributed by atoms with Crippen LogP contribution in [0.3, 0.4) is 0 Å². The molecule has 1 fully saturated rings. The lowest BCUT2D eigenvalue weighted by Crippen LogP contribution is -2.27. The molecule has 1 aliphatic heterocycles. The Balaban J connectivity index is 2.12. The molecule has 0 bridgehead atoms. The van der Waals surface area contributed by atoms with Gasteiger partial charge in [0.1, 0.15) is 6.10 Å². The summed E-state index contributed by atoms with van der Waals surface area (Å²) < 4.78 is 21.1. The van der Waals surface area contributed by atoms with Crippen LogP contribution >= 0.6 is 0 Å². The highest BCUT2D eigenvalue weighted by Gasteiger charge is 2.42. The molecule has 0 amide bonds. The first-order chi connectivity index (χ1) is 9.26. The van der Waals surface area contributed by atoms with Gasteiger partial charge in [-0.2, -0.15) is 0 Å². The SMILES string of the molecule is COCC[C@@H]1O[C@@H](C(=O)OC)[C@H](c2ccccc2)O1. The van der Waals surface area contributed by atoms with Gasteiger partial charge in [-0.15, -0.1) is 0 Å². The van der Waals surface area contributed by atoms with E-state index in [4.69, 9.17) is 18.9 Å². The van der Waals surface area contributed by atoms with Gasteiger partial charge in [0.2, 0.25) is 0 Å². The number of esters is 1. The quantitative estimate of drug-likeness (QED) is 0.759. The van der Waals surface area contributed by atoms with Crippen molar-refractivity contribution in [2.75, 3.05) is 20.8 Å². The van der Waals surface area contributed by atoms with Crippen LogP contribution in [0.1, 0.15) is 18.1 Å². The van der Waals surface area contributed by atoms with Gasteiger partial charge in [-0.05, 0) is 5.56 Å². The molecule has 0 aromatic heterocycles. The van der Waals surface area contributed by atoms with E-state index in [1.165, 1.54) is 7.11 Å². The Hall–Kier alpha value is -1.43. The third-order valence-corrected chi connectivity index (χ3v) is 2.99. The molecular weight excluding hydrogens is 248 g/mol. The maximum absolute atomic E-state index is 11.8. The first kappa shape index (κ1) is 14.0. The molecule has 0 N–H and O–H groups in total. The second-order valence-electron chi connectivity index (χ2n) is 4.26. The summed E-state index contributed by atoms with van der Waals surface area (Å²) in [6, 6.07) is 9.52. The number of carbonyl (C=O) groups is 1. The van der Waals surface area contributed by atoms with Gasteiger partial charge in [0.25, 0.3) is 0 Å². The molecule has 1 aromatic rings. The fraction of sp³-hybridized carbons (Fsp3) is 0.500. The Labute approximate surface area is 112 Å². The molecule has 0 spiro atoms. The van der Waals surface area contributed by atoms with Crippen LogP contribution in [0, 0.1) is 0 Å². The average Bonchev–Trinajstić information content (AvgIpc) is 2.89. The third-order valence-electron chi connectivity index (χ3n) is 2.99. The van der Waals surface area contributed by atoms with Crippen LogP contribution in [0.2, 0.25) is 0 Å². The summed E-state index contributed by atoms with van der Waals surface area (Å²) in [5.74, 6) is -0.422. The minimum Gasteiger partial charge on any atom is -0.467 e. The minimum atomic E-state index is -0.728. The summed E-state index contributed by atoms with van der Waals surface area (Å²) in [5.41, 5.74) is 0.901. The molecular formula is C14H18O5. The molecule has 0 aliphatic carbocycles. The summed E-state index contributed by atoms with van der Waals surface area (Å²) in [4.78, 5) is 11.8. The number of benzene rings is 1. The minimum absolute atomic E-state index is 0.422. The van der Waals surface area contributed by atoms with Crippen molar-refractivity contribution in [3.63, 3.8) is 0 Å². The van der Waals surface area contributed by atoms with Gasteiger partial charge in [0.05, 0.1) is 13.7 Å². The topological polar surface area (TPSA) is 54.0 Å². The van der Waals surface area contributed by atoms with Gasteiger partial charge in [-0.1, -0.05) is 30.3 Å². The Morgan fingerprint density at radius 2 is 1.95 bits per heavy atom. The highest BCUT2D eigenvalue weighted by molar-refractivity contribution is 5.76. The second kappa shape index (κ2) is 6.65. The average molecular weight is 266 g/mol. The zero-order chi connectivity index (χ0) is 13.7. The van der Waals surface area contributed by atoms with Crippen LogP contribution in [0.5, 0.6) is 0 Å². The molecule has 1 heterocycles. The van der Waals surface area contributed by atoms with Crippen LogP contribution in [0.4, 0.5) is 0 Å². The Morgan fingerprint density at radius 1 is 1.21 bits per heavy atom. The van der Waals surface area contributed by atoms with Gasteiger partial charge in [0, 0.05) is 13.5 Å². The zero-order valence-electron chi connectivity index (χ0n) is 11.1. The lowest BCUT2D eigenvalue weighted by Gasteiger charge is -2.14. The van der Waals surface area contributed by atoms with Crippen molar-refractivity contribution in [3.05, 3.63) is 35.9 Å². The molecule has 104 valence electrons. The summed E-state index contributed by atoms with van der Waals surface area (Å²) >= 11 is 0. The predicted octanol–water partition coefficient (Wildman–Crippen LogP) is 1.68. The molecule has 0 unspecified atom stereocenters. The number of rotatable bonds is 5. The first-order valence-corrected chi connectivity index (χ1v) is 6.19. The maximum atomic E-state index is 11.8. The molecule has 0 saturated carbocycles. The van der Waals surface area contributed by atoms with Crippen molar-refractivity contribution >= 4 is 5.97 Å². The van der Waals surface area contributed by atoms with Gasteiger partial charge in [-0.3, -0.25) is 0 Å². The number of hydrogen-bond acceptors (Lipinski definition) is 5. The van der Waals surface area contributed by atoms with E-state index in [0.29, 0.717) is 13.0 Å². The summed E-state index contributed by atoms with van der Waals surface area (Å²) in [6.07, 6.45) is -1.04. The Bertz CT molecular complexity index is 406. The van der Waals surface area contributed by atoms with E-state index >= 15 is 0 Å². The van der Waals surface area contributed by atoms with Crippen molar-refractivity contribution in [1.82, 2.24) is 0 Å². The number of carbonyl (C=O) groups excluding carboxylic acids is 1. The molecule has 1 aliphatic rings. The first-order valence-electron chi connectivity index (χ1n) is 6.19. The maximum Gasteiger partial charge on any atom is 0.338 e. The molecule has 5 nitrogen and oxygen atoms in total. The van der Waals surface area contributed by atoms with Crippen LogP contribution in [0.25, 0.3) is 0 Å². The van der Waals surface area contributed by atoms with Crippen molar-refractivity contribution < 1.29 is 23.7 Å². The zero-order valence-corrected chi connectivity index (χ0v) is 11.1. The number of ether oxygens (including phenoxy) is 4. The third kappa shape index (κ3) is 3.32. The van der Waals surface area contributed by atoms with E-state index in [0.717, 1.165) is 5.56 Å². The van der Waals surface area contributed by atoms with Crippen molar-refractivity contribution in [2.24, 2.45) is 0 Å². The molecule has 1 saturated heterocycles. The van der Waals surface area contributed by atoms with Gasteiger partial charge in [-0.25, -0.2) is 4.79 Å². The molecule has 5 heteroatoms. The predicted molar refractivity (Wildman–Crippen MR) is 67.4 cm³/mol. The van der Waals surface area contributed by atoms with Crippen molar-refractivity contribution in [1.29, 1.82) is 0 Å². The monoisotopic (exact) mass is 266 g/mol. The van der Waals surface area contributed by atoms with E-state index in [1.54, 1.807) is 7.11 Å². The number of methoxy groups -OCH3 is 2. The van der Waals surface area contributed by atoms with E-state index < -0.39 is 24.5 Å². The molecule has 2 rings (SSSR count). The normalized spacial score (nSPS) is 26.3. The summed E-state index contributed by atoms with van der Waals surface area (Å²) in [6.45, 7) is 0.514. The molecule has 1 aromatic carbocycles. The lowest BCUT2D eigenvalue weighted by atomic mass is 10.0. The van der Waals surface area contributed by atoms with Gasteiger partial charge >= 0.3 is 5.97 Å². The van der Waals surface area contributed by atoms with E-state index in [9.17, 15) is 4.79 Å². The Morgan fingerprint density at radius 3 is 2.58 bits per heavy atom. The lowest BCUT2D eigenvalue weighted by molar-refractivity contribution is -0.155. The smallest absolute Gasteiger partial charge is 0.338 e. The highest BCUT2D eigenvalue weighted by atomic mass is 16.7. The molecule has 3 atom stereocenters. The largest absolute Gasteiger partial charge is 0.467 e. The van der Waals surface area contributed by atoms with Crippen molar-refractivity contribution in [2.45, 2.75) is 24.9 Å². The van der Waals surface area contributed by atoms with Crippen LogP contribution in [0.15, 0.2) is 30.3 Å². The fourth-order valence-electron chi connectivity index (χ4n) is 2.04. The van der Waals surface area contributed by atoms with Crippen LogP contribution < -0.4 is 0 Å². The summed E-state index contributed by atoms with van der Waals surface area (Å²) in [7, 11) is 2.96. The summed E-state index contributed by atoms with van der Waals surface area (Å²) in [5, 5.41) is 0. The van der Waals surface area contributed by atoms with Crippen LogP contribution in [-0.4, -0.2) is 39.2 Å². The van der Waals surface area contributed by atoms with Crippen molar-refractivity contribution in [3.8, 4) is 0 Å². The van der Waals surface area contributed by atoms with E-state index in [1.807, 2.05) is 30.3 Å². The van der Waals surface area contributed by atoms with Gasteiger partial charge in [0.15, 0.2) is 12.4 Å². The fourth-order valence-corrected chi connectivity index (χ4v) is 2.04. The molecule has 0 radical (unpaired) electrons. The molecule has 19 heavy (non-hydrogen) atoms. The standard InChI is InChI=1S/C14H18O5/c1-16-9-8-11-18-12(10-6-4-3-5-7-10)13(19-11)14(15)17-2/h3-7,11-13H,8-9H2,1-2H3/t11-,12-,13+/m0/s1. The highest BCUT2D eigenvalue weighted by Crippen LogP contribution is 2.34. The van der Waals surface area contributed by atoms with Gasteiger partial charge < -0.3 is 18.9 Å². The number of hydrogen-bond donors (Lipinski definition) is 0. The van der Waals surface area contributed by atoms with Crippen LogP contribution in [-0.2, 0) is 23.7 Å². The Kier molecular flexibility index (Phi) is 4.90.